The maximum Gasteiger partial charge on any atom is 0.334 e. The predicted octanol–water partition coefficient (Wildman–Crippen LogP) is -1.10. The molecule has 98 valence electrons. The van der Waals surface area contributed by atoms with E-state index < -0.39 is 24.1 Å². The van der Waals surface area contributed by atoms with Gasteiger partial charge in [0, 0.05) is 14.2 Å². The molecule has 0 spiro atoms. The molecule has 8 nitrogen and oxygen atoms in total. The lowest BCUT2D eigenvalue weighted by atomic mass is 10.3. The first-order valence-corrected chi connectivity index (χ1v) is 4.73. The molecule has 0 aromatic rings. The molecule has 8 heteroatoms. The molecule has 1 atom stereocenters. The molecule has 1 unspecified atom stereocenters. The number of hydrogen-bond acceptors (Lipinski definition) is 5. The second-order valence-electron chi connectivity index (χ2n) is 3.18. The highest BCUT2D eigenvalue weighted by Crippen LogP contribution is 1.90. The van der Waals surface area contributed by atoms with Crippen LogP contribution in [0.3, 0.4) is 0 Å². The van der Waals surface area contributed by atoms with E-state index in [1.54, 1.807) is 0 Å². The summed E-state index contributed by atoms with van der Waals surface area (Å²) in [5.41, 5.74) is 0. The number of hydrogen-bond donors (Lipinski definition) is 2. The van der Waals surface area contributed by atoms with Gasteiger partial charge in [-0.15, -0.1) is 0 Å². The molecule has 0 aromatic heterocycles. The highest BCUT2D eigenvalue weighted by molar-refractivity contribution is 5.81. The lowest BCUT2D eigenvalue weighted by Gasteiger charge is -2.18. The Morgan fingerprint density at radius 3 is 2.35 bits per heavy atom. The molecule has 0 aliphatic heterocycles. The predicted molar refractivity (Wildman–Crippen MR) is 56.5 cm³/mol. The number of carbonyl (C=O) groups is 3. The summed E-state index contributed by atoms with van der Waals surface area (Å²) < 4.78 is 9.00. The third-order valence-electron chi connectivity index (χ3n) is 1.94. The fraction of sp³-hybridized carbons (Fsp3) is 0.667. The number of carbonyl (C=O) groups excluding carboxylic acids is 2. The number of carboxylic acids is 1. The number of aliphatic carboxylic acids is 1. The van der Waals surface area contributed by atoms with Crippen LogP contribution in [-0.2, 0) is 19.1 Å². The van der Waals surface area contributed by atoms with Crippen LogP contribution in [0, 0.1) is 0 Å². The van der Waals surface area contributed by atoms with E-state index in [1.807, 2.05) is 0 Å². The molecule has 0 radical (unpaired) electrons. The number of rotatable bonds is 6. The Morgan fingerprint density at radius 1 is 1.35 bits per heavy atom. The molecule has 2 amide bonds. The van der Waals surface area contributed by atoms with Gasteiger partial charge in [0.05, 0.1) is 13.7 Å². The van der Waals surface area contributed by atoms with Crippen molar-refractivity contribution in [2.45, 2.75) is 6.10 Å². The topological polar surface area (TPSA) is 105 Å². The number of urea groups is 1. The maximum atomic E-state index is 11.4. The van der Waals surface area contributed by atoms with Crippen molar-refractivity contribution in [2.75, 3.05) is 34.4 Å². The van der Waals surface area contributed by atoms with Crippen LogP contribution in [-0.4, -0.2) is 68.4 Å². The lowest BCUT2D eigenvalue weighted by molar-refractivity contribution is -0.148. The molecule has 0 saturated heterocycles. The first-order valence-electron chi connectivity index (χ1n) is 4.73. The van der Waals surface area contributed by atoms with Crippen molar-refractivity contribution in [1.82, 2.24) is 10.2 Å². The largest absolute Gasteiger partial charge is 0.479 e. The lowest BCUT2D eigenvalue weighted by Crippen LogP contribution is -2.45. The summed E-state index contributed by atoms with van der Waals surface area (Å²) in [6.07, 6.45) is -1.12. The van der Waals surface area contributed by atoms with Gasteiger partial charge in [-0.05, 0) is 0 Å². The molecule has 0 aromatic carbocycles. The van der Waals surface area contributed by atoms with E-state index in [2.05, 4.69) is 14.8 Å². The van der Waals surface area contributed by atoms with Crippen molar-refractivity contribution in [3.05, 3.63) is 0 Å². The Bertz CT molecular complexity index is 293. The standard InChI is InChI=1S/C9H16N2O6/c1-11(5-7(12)17-3)9(15)10-4-6(16-2)8(13)14/h6H,4-5H2,1-3H3,(H,10,15)(H,13,14). The molecule has 0 saturated carbocycles. The van der Waals surface area contributed by atoms with Gasteiger partial charge in [-0.3, -0.25) is 4.79 Å². The number of likely N-dealkylation sites (N-methyl/N-ethyl adjacent to an activating group) is 1. The van der Waals surface area contributed by atoms with E-state index in [-0.39, 0.29) is 13.1 Å². The van der Waals surface area contributed by atoms with Crippen molar-refractivity contribution in [2.24, 2.45) is 0 Å². The number of ether oxygens (including phenoxy) is 2. The van der Waals surface area contributed by atoms with Gasteiger partial charge in [0.1, 0.15) is 6.54 Å². The molecular weight excluding hydrogens is 232 g/mol. The number of nitrogens with zero attached hydrogens (tertiary/aromatic N) is 1. The second kappa shape index (κ2) is 7.44. The summed E-state index contributed by atoms with van der Waals surface area (Å²) in [4.78, 5) is 33.9. The molecule has 0 aliphatic carbocycles. The highest BCUT2D eigenvalue weighted by atomic mass is 16.5. The highest BCUT2D eigenvalue weighted by Gasteiger charge is 2.19. The molecule has 0 fully saturated rings. The van der Waals surface area contributed by atoms with Gasteiger partial charge in [-0.2, -0.15) is 0 Å². The fourth-order valence-corrected chi connectivity index (χ4v) is 0.916. The monoisotopic (exact) mass is 248 g/mol. The van der Waals surface area contributed by atoms with Crippen LogP contribution in [0.2, 0.25) is 0 Å². The molecule has 0 rings (SSSR count). The average molecular weight is 248 g/mol. The first kappa shape index (κ1) is 15.2. The number of carboxylic acid groups (broad SMARTS) is 1. The van der Waals surface area contributed by atoms with E-state index in [4.69, 9.17) is 5.11 Å². The average Bonchev–Trinajstić information content (AvgIpc) is 2.28. The van der Waals surface area contributed by atoms with Crippen molar-refractivity contribution in [3.8, 4) is 0 Å². The summed E-state index contributed by atoms with van der Waals surface area (Å²) >= 11 is 0. The summed E-state index contributed by atoms with van der Waals surface area (Å²) in [6.45, 7) is -0.400. The van der Waals surface area contributed by atoms with Crippen molar-refractivity contribution < 1.29 is 29.0 Å². The van der Waals surface area contributed by atoms with Gasteiger partial charge in [-0.25, -0.2) is 9.59 Å². The van der Waals surface area contributed by atoms with E-state index >= 15 is 0 Å². The smallest absolute Gasteiger partial charge is 0.334 e. The summed E-state index contributed by atoms with van der Waals surface area (Å²) in [5.74, 6) is -1.74. The third kappa shape index (κ3) is 5.71. The van der Waals surface area contributed by atoms with Crippen LogP contribution in [0.25, 0.3) is 0 Å². The van der Waals surface area contributed by atoms with Crippen LogP contribution in [0.4, 0.5) is 4.79 Å². The van der Waals surface area contributed by atoms with Crippen molar-refractivity contribution >= 4 is 18.0 Å². The quantitative estimate of drug-likeness (QED) is 0.578. The maximum absolute atomic E-state index is 11.4. The molecular formula is C9H16N2O6. The van der Waals surface area contributed by atoms with Crippen LogP contribution < -0.4 is 5.32 Å². The number of esters is 1. The van der Waals surface area contributed by atoms with E-state index in [0.717, 1.165) is 4.90 Å². The van der Waals surface area contributed by atoms with Gasteiger partial charge in [0.25, 0.3) is 0 Å². The third-order valence-corrected chi connectivity index (χ3v) is 1.94. The minimum atomic E-state index is -1.18. The zero-order valence-electron chi connectivity index (χ0n) is 9.93. The summed E-state index contributed by atoms with van der Waals surface area (Å²) in [6, 6.07) is -0.585. The number of nitrogens with one attached hydrogen (secondary N) is 1. The minimum absolute atomic E-state index is 0.184. The van der Waals surface area contributed by atoms with Crippen LogP contribution in [0.15, 0.2) is 0 Å². The van der Waals surface area contributed by atoms with Gasteiger partial charge >= 0.3 is 18.0 Å². The summed E-state index contributed by atoms with van der Waals surface area (Å²) in [5, 5.41) is 11.0. The Hall–Kier alpha value is -1.83. The Morgan fingerprint density at radius 2 is 1.94 bits per heavy atom. The van der Waals surface area contributed by atoms with Gasteiger partial charge < -0.3 is 24.8 Å². The Labute approximate surface area is 98.5 Å². The fourth-order valence-electron chi connectivity index (χ4n) is 0.916. The van der Waals surface area contributed by atoms with Crippen molar-refractivity contribution in [3.63, 3.8) is 0 Å². The van der Waals surface area contributed by atoms with Gasteiger partial charge in [-0.1, -0.05) is 0 Å². The normalized spacial score (nSPS) is 11.5. The first-order chi connectivity index (χ1) is 7.92. The molecule has 0 bridgehead atoms. The zero-order chi connectivity index (χ0) is 13.4. The molecule has 2 N–H and O–H groups in total. The van der Waals surface area contributed by atoms with E-state index in [1.165, 1.54) is 21.3 Å². The SMILES string of the molecule is COC(=O)CN(C)C(=O)NCC(OC)C(=O)O. The Kier molecular flexibility index (Phi) is 6.64. The van der Waals surface area contributed by atoms with Crippen LogP contribution in [0.5, 0.6) is 0 Å². The second-order valence-corrected chi connectivity index (χ2v) is 3.18. The van der Waals surface area contributed by atoms with E-state index in [0.29, 0.717) is 0 Å². The van der Waals surface area contributed by atoms with Crippen LogP contribution in [0.1, 0.15) is 0 Å². The minimum Gasteiger partial charge on any atom is -0.479 e. The Balaban J connectivity index is 4.08. The number of methoxy groups -OCH3 is 2. The van der Waals surface area contributed by atoms with Gasteiger partial charge in [0.15, 0.2) is 6.10 Å². The van der Waals surface area contributed by atoms with E-state index in [9.17, 15) is 14.4 Å². The van der Waals surface area contributed by atoms with Crippen molar-refractivity contribution in [1.29, 1.82) is 0 Å². The zero-order valence-corrected chi connectivity index (χ0v) is 9.93. The molecule has 0 aliphatic rings. The molecule has 17 heavy (non-hydrogen) atoms. The number of amides is 2. The molecule has 0 heterocycles. The summed E-state index contributed by atoms with van der Waals surface area (Å²) in [7, 11) is 3.82. The van der Waals surface area contributed by atoms with Crippen LogP contribution >= 0.6 is 0 Å². The van der Waals surface area contributed by atoms with Gasteiger partial charge in [0.2, 0.25) is 0 Å².